The molecule has 1 amide bonds. The summed E-state index contributed by atoms with van der Waals surface area (Å²) in [5.41, 5.74) is 2.15. The monoisotopic (exact) mass is 324 g/mol. The van der Waals surface area contributed by atoms with Crippen LogP contribution >= 0.6 is 0 Å². The number of carbonyl (C=O) groups is 1. The smallest absolute Gasteiger partial charge is 0.232 e. The minimum absolute atomic E-state index is 0.0573. The van der Waals surface area contributed by atoms with Crippen LogP contribution in [0, 0.1) is 12.7 Å². The summed E-state index contributed by atoms with van der Waals surface area (Å²) >= 11 is 0. The maximum atomic E-state index is 13.2. The number of amides is 1. The van der Waals surface area contributed by atoms with Gasteiger partial charge in [0.1, 0.15) is 11.6 Å². The Morgan fingerprint density at radius 3 is 2.75 bits per heavy atom. The molecule has 0 aliphatic rings. The first kappa shape index (κ1) is 15.9. The number of halogens is 1. The molecule has 0 radical (unpaired) electrons. The number of hydrogen-bond acceptors (Lipinski definition) is 3. The molecule has 0 atom stereocenters. The van der Waals surface area contributed by atoms with Crippen molar-refractivity contribution in [2.75, 3.05) is 5.32 Å². The Kier molecular flexibility index (Phi) is 4.65. The quantitative estimate of drug-likeness (QED) is 0.758. The first-order valence-corrected chi connectivity index (χ1v) is 7.60. The first-order chi connectivity index (χ1) is 11.6. The van der Waals surface area contributed by atoms with Crippen molar-refractivity contribution in [3.05, 3.63) is 77.1 Å². The molecule has 0 aliphatic carbocycles. The molecule has 0 saturated heterocycles. The van der Waals surface area contributed by atoms with Crippen LogP contribution in [0.2, 0.25) is 0 Å². The number of aromatic amines is 1. The van der Waals surface area contributed by atoms with Gasteiger partial charge in [0.05, 0.1) is 6.42 Å². The van der Waals surface area contributed by atoms with Gasteiger partial charge in [0.25, 0.3) is 0 Å². The molecule has 24 heavy (non-hydrogen) atoms. The SMILES string of the molecule is Cc1cc(NC(=O)Cc2n[nH]c(Cc3ccccc3)n2)ccc1F. The molecule has 2 aromatic carbocycles. The van der Waals surface area contributed by atoms with Crippen molar-refractivity contribution >= 4 is 11.6 Å². The normalized spacial score (nSPS) is 10.6. The highest BCUT2D eigenvalue weighted by Crippen LogP contribution is 2.14. The molecule has 0 unspecified atom stereocenters. The largest absolute Gasteiger partial charge is 0.326 e. The Hall–Kier alpha value is -3.02. The molecule has 0 bridgehead atoms. The average Bonchev–Trinajstić information content (AvgIpc) is 2.99. The zero-order chi connectivity index (χ0) is 16.9. The van der Waals surface area contributed by atoms with Crippen LogP contribution in [-0.2, 0) is 17.6 Å². The molecular formula is C18H17FN4O. The Bertz CT molecular complexity index is 845. The van der Waals surface area contributed by atoms with Crippen molar-refractivity contribution in [1.82, 2.24) is 15.2 Å². The summed E-state index contributed by atoms with van der Waals surface area (Å²) in [7, 11) is 0. The standard InChI is InChI=1S/C18H17FN4O/c1-12-9-14(7-8-15(12)19)20-18(24)11-17-21-16(22-23-17)10-13-5-3-2-4-6-13/h2-9H,10-11H2,1H3,(H,20,24)(H,21,22,23). The zero-order valence-electron chi connectivity index (χ0n) is 13.2. The first-order valence-electron chi connectivity index (χ1n) is 7.60. The van der Waals surface area contributed by atoms with Gasteiger partial charge in [-0.3, -0.25) is 9.89 Å². The van der Waals surface area contributed by atoms with Gasteiger partial charge in [-0.25, -0.2) is 9.37 Å². The lowest BCUT2D eigenvalue weighted by molar-refractivity contribution is -0.115. The summed E-state index contributed by atoms with van der Waals surface area (Å²) in [5, 5.41) is 9.64. The number of aryl methyl sites for hydroxylation is 1. The third kappa shape index (κ3) is 4.04. The number of anilines is 1. The van der Waals surface area contributed by atoms with Gasteiger partial charge < -0.3 is 5.32 Å². The predicted molar refractivity (Wildman–Crippen MR) is 89.1 cm³/mol. The van der Waals surface area contributed by atoms with Gasteiger partial charge in [0.2, 0.25) is 5.91 Å². The van der Waals surface area contributed by atoms with Gasteiger partial charge >= 0.3 is 0 Å². The lowest BCUT2D eigenvalue weighted by atomic mass is 10.1. The number of nitrogens with one attached hydrogen (secondary N) is 2. The molecule has 0 saturated carbocycles. The molecule has 6 heteroatoms. The molecule has 0 spiro atoms. The van der Waals surface area contributed by atoms with Crippen LogP contribution in [0.25, 0.3) is 0 Å². The van der Waals surface area contributed by atoms with E-state index in [1.165, 1.54) is 12.1 Å². The van der Waals surface area contributed by atoms with Gasteiger partial charge in [-0.2, -0.15) is 5.10 Å². The number of H-pyrrole nitrogens is 1. The molecule has 1 heterocycles. The minimum Gasteiger partial charge on any atom is -0.326 e. The molecule has 0 aliphatic heterocycles. The third-order valence-electron chi connectivity index (χ3n) is 3.55. The summed E-state index contributed by atoms with van der Waals surface area (Å²) < 4.78 is 13.2. The van der Waals surface area contributed by atoms with E-state index in [1.54, 1.807) is 13.0 Å². The highest BCUT2D eigenvalue weighted by molar-refractivity contribution is 5.91. The third-order valence-corrected chi connectivity index (χ3v) is 3.55. The maximum absolute atomic E-state index is 13.2. The van der Waals surface area contributed by atoms with Crippen molar-refractivity contribution in [3.8, 4) is 0 Å². The number of aromatic nitrogens is 3. The van der Waals surface area contributed by atoms with Crippen molar-refractivity contribution in [3.63, 3.8) is 0 Å². The van der Waals surface area contributed by atoms with Crippen LogP contribution in [0.4, 0.5) is 10.1 Å². The van der Waals surface area contributed by atoms with Gasteiger partial charge in [-0.05, 0) is 36.2 Å². The zero-order valence-corrected chi connectivity index (χ0v) is 13.2. The average molecular weight is 324 g/mol. The second-order valence-corrected chi connectivity index (χ2v) is 5.55. The van der Waals surface area contributed by atoms with E-state index >= 15 is 0 Å². The topological polar surface area (TPSA) is 70.7 Å². The predicted octanol–water partition coefficient (Wildman–Crippen LogP) is 3.02. The molecule has 5 nitrogen and oxygen atoms in total. The van der Waals surface area contributed by atoms with Crippen LogP contribution in [0.5, 0.6) is 0 Å². The summed E-state index contributed by atoms with van der Waals surface area (Å²) in [5.74, 6) is 0.595. The Balaban J connectivity index is 1.59. The number of hydrogen-bond donors (Lipinski definition) is 2. The molecule has 0 fully saturated rings. The lowest BCUT2D eigenvalue weighted by Crippen LogP contribution is -2.15. The summed E-state index contributed by atoms with van der Waals surface area (Å²) in [6.07, 6.45) is 0.689. The van der Waals surface area contributed by atoms with E-state index in [4.69, 9.17) is 0 Å². The van der Waals surface area contributed by atoms with Gasteiger partial charge in [-0.15, -0.1) is 0 Å². The van der Waals surface area contributed by atoms with Crippen molar-refractivity contribution in [2.45, 2.75) is 19.8 Å². The van der Waals surface area contributed by atoms with E-state index < -0.39 is 0 Å². The fourth-order valence-electron chi connectivity index (χ4n) is 2.35. The lowest BCUT2D eigenvalue weighted by Gasteiger charge is -2.05. The van der Waals surface area contributed by atoms with E-state index in [0.29, 0.717) is 29.3 Å². The molecular weight excluding hydrogens is 307 g/mol. The fraction of sp³-hybridized carbons (Fsp3) is 0.167. The molecule has 2 N–H and O–H groups in total. The van der Waals surface area contributed by atoms with E-state index in [0.717, 1.165) is 5.56 Å². The van der Waals surface area contributed by atoms with Crippen LogP contribution in [0.3, 0.4) is 0 Å². The molecule has 122 valence electrons. The number of carbonyl (C=O) groups excluding carboxylic acids is 1. The van der Waals surface area contributed by atoms with E-state index in [1.807, 2.05) is 30.3 Å². The summed E-state index contributed by atoms with van der Waals surface area (Å²) in [6.45, 7) is 1.65. The van der Waals surface area contributed by atoms with Gasteiger partial charge in [-0.1, -0.05) is 30.3 Å². The number of rotatable bonds is 5. The molecule has 3 rings (SSSR count). The second-order valence-electron chi connectivity index (χ2n) is 5.55. The number of benzene rings is 2. The van der Waals surface area contributed by atoms with Crippen LogP contribution in [0.1, 0.15) is 22.8 Å². The van der Waals surface area contributed by atoms with Gasteiger partial charge in [0.15, 0.2) is 5.82 Å². The highest BCUT2D eigenvalue weighted by atomic mass is 19.1. The molecule has 1 aromatic heterocycles. The highest BCUT2D eigenvalue weighted by Gasteiger charge is 2.10. The van der Waals surface area contributed by atoms with Crippen molar-refractivity contribution < 1.29 is 9.18 Å². The van der Waals surface area contributed by atoms with E-state index in [-0.39, 0.29) is 18.1 Å². The Labute approximate surface area is 138 Å². The summed E-state index contributed by atoms with van der Waals surface area (Å²) in [6, 6.07) is 14.3. The van der Waals surface area contributed by atoms with Crippen molar-refractivity contribution in [1.29, 1.82) is 0 Å². The van der Waals surface area contributed by atoms with Gasteiger partial charge in [0, 0.05) is 12.1 Å². The Morgan fingerprint density at radius 1 is 1.21 bits per heavy atom. The minimum atomic E-state index is -0.299. The summed E-state index contributed by atoms with van der Waals surface area (Å²) in [4.78, 5) is 16.4. The van der Waals surface area contributed by atoms with Crippen LogP contribution in [-0.4, -0.2) is 21.1 Å². The van der Waals surface area contributed by atoms with Crippen LogP contribution in [0.15, 0.2) is 48.5 Å². The molecule has 3 aromatic rings. The number of nitrogens with zero attached hydrogens (tertiary/aromatic N) is 2. The maximum Gasteiger partial charge on any atom is 0.232 e. The van der Waals surface area contributed by atoms with E-state index in [9.17, 15) is 9.18 Å². The van der Waals surface area contributed by atoms with Crippen molar-refractivity contribution in [2.24, 2.45) is 0 Å². The second kappa shape index (κ2) is 7.04. The Morgan fingerprint density at radius 2 is 2.00 bits per heavy atom. The van der Waals surface area contributed by atoms with Crippen LogP contribution < -0.4 is 5.32 Å². The fourth-order valence-corrected chi connectivity index (χ4v) is 2.35. The van der Waals surface area contributed by atoms with E-state index in [2.05, 4.69) is 20.5 Å².